The molecule has 4 heteroatoms. The number of aliphatic hydroxyl groups is 1. The maximum Gasteiger partial charge on any atom is 0.328 e. The van der Waals surface area contributed by atoms with E-state index in [4.69, 9.17) is 5.11 Å². The fourth-order valence-corrected chi connectivity index (χ4v) is 4.30. The summed E-state index contributed by atoms with van der Waals surface area (Å²) in [6.45, 7) is 7.21. The van der Waals surface area contributed by atoms with E-state index >= 15 is 0 Å². The number of rotatable bonds is 5. The van der Waals surface area contributed by atoms with E-state index in [1.807, 2.05) is 56.3 Å². The van der Waals surface area contributed by atoms with Crippen molar-refractivity contribution in [2.75, 3.05) is 0 Å². The minimum absolute atomic E-state index is 0.0429. The monoisotopic (exact) mass is 404 g/mol. The first kappa shape index (κ1) is 21.7. The Bertz CT molecular complexity index is 1100. The summed E-state index contributed by atoms with van der Waals surface area (Å²) in [4.78, 5) is 24.0. The molecule has 0 spiro atoms. The summed E-state index contributed by atoms with van der Waals surface area (Å²) in [5, 5.41) is 22.8. The summed E-state index contributed by atoms with van der Waals surface area (Å²) in [5.74, 6) is -0.993. The van der Waals surface area contributed by atoms with Gasteiger partial charge in [0.05, 0.1) is 0 Å². The van der Waals surface area contributed by atoms with Gasteiger partial charge in [0.15, 0.2) is 5.78 Å². The number of hydrogen-bond donors (Lipinski definition) is 2. The van der Waals surface area contributed by atoms with Crippen molar-refractivity contribution in [1.82, 2.24) is 0 Å². The summed E-state index contributed by atoms with van der Waals surface area (Å²) < 4.78 is 0. The van der Waals surface area contributed by atoms with E-state index in [1.54, 1.807) is 26.0 Å². The zero-order valence-corrected chi connectivity index (χ0v) is 17.9. The minimum Gasteiger partial charge on any atom is -0.478 e. The smallest absolute Gasteiger partial charge is 0.328 e. The van der Waals surface area contributed by atoms with E-state index in [9.17, 15) is 14.7 Å². The van der Waals surface area contributed by atoms with Gasteiger partial charge in [0.1, 0.15) is 5.60 Å². The fourth-order valence-electron chi connectivity index (χ4n) is 4.30. The topological polar surface area (TPSA) is 74.6 Å². The molecule has 0 saturated heterocycles. The lowest BCUT2D eigenvalue weighted by Crippen LogP contribution is -2.49. The Kier molecular flexibility index (Phi) is 5.82. The number of Topliss-reactive ketones (excluding diaryl/α,β-unsaturated/α-hetero) is 1. The van der Waals surface area contributed by atoms with Crippen LogP contribution in [-0.2, 0) is 16.0 Å². The lowest BCUT2D eigenvalue weighted by Gasteiger charge is -2.46. The van der Waals surface area contributed by atoms with Crippen molar-refractivity contribution in [3.8, 4) is 0 Å². The summed E-state index contributed by atoms with van der Waals surface area (Å²) in [7, 11) is 0. The minimum atomic E-state index is -1.35. The van der Waals surface area contributed by atoms with Gasteiger partial charge in [0.2, 0.25) is 0 Å². The Hall–Kier alpha value is -2.98. The van der Waals surface area contributed by atoms with E-state index in [2.05, 4.69) is 0 Å². The van der Waals surface area contributed by atoms with Crippen LogP contribution < -0.4 is 0 Å². The molecule has 0 amide bonds. The van der Waals surface area contributed by atoms with Crippen LogP contribution in [0.3, 0.4) is 0 Å². The van der Waals surface area contributed by atoms with Crippen LogP contribution in [0.25, 0.3) is 10.8 Å². The van der Waals surface area contributed by atoms with E-state index in [0.29, 0.717) is 23.1 Å². The van der Waals surface area contributed by atoms with Gasteiger partial charge < -0.3 is 10.2 Å². The molecule has 0 radical (unpaired) electrons. The SMILES string of the molecule is CC(C=C[C@@]1(O)C(C)=C(Cc2cccc3ccccc23)C(=O)CC1(C)C)=CC(=O)O. The van der Waals surface area contributed by atoms with Gasteiger partial charge in [-0.25, -0.2) is 4.79 Å². The number of benzene rings is 2. The molecule has 2 aromatic rings. The molecule has 1 aliphatic carbocycles. The number of carbonyl (C=O) groups is 2. The first-order chi connectivity index (χ1) is 14.0. The Balaban J connectivity index is 2.08. The van der Waals surface area contributed by atoms with Gasteiger partial charge in [0, 0.05) is 29.9 Å². The van der Waals surface area contributed by atoms with Gasteiger partial charge in [-0.15, -0.1) is 0 Å². The van der Waals surface area contributed by atoms with E-state index in [0.717, 1.165) is 22.4 Å². The third kappa shape index (κ3) is 4.01. The third-order valence-electron chi connectivity index (χ3n) is 6.18. The molecule has 1 atom stereocenters. The molecule has 1 aliphatic rings. The lowest BCUT2D eigenvalue weighted by atomic mass is 9.62. The van der Waals surface area contributed by atoms with Crippen LogP contribution in [0.5, 0.6) is 0 Å². The Morgan fingerprint density at radius 3 is 2.50 bits per heavy atom. The van der Waals surface area contributed by atoms with Crippen LogP contribution in [0, 0.1) is 5.41 Å². The predicted octanol–water partition coefficient (Wildman–Crippen LogP) is 5.02. The molecule has 2 aromatic carbocycles. The maximum absolute atomic E-state index is 13.0. The zero-order valence-electron chi connectivity index (χ0n) is 17.9. The van der Waals surface area contributed by atoms with Crippen molar-refractivity contribution in [3.05, 3.63) is 83.0 Å². The van der Waals surface area contributed by atoms with Crippen molar-refractivity contribution in [3.63, 3.8) is 0 Å². The highest BCUT2D eigenvalue weighted by Crippen LogP contribution is 2.47. The molecule has 0 aliphatic heterocycles. The molecule has 0 heterocycles. The number of fused-ring (bicyclic) bond motifs is 1. The fraction of sp³-hybridized carbons (Fsp3) is 0.308. The number of aliphatic carboxylic acids is 1. The Morgan fingerprint density at radius 2 is 1.80 bits per heavy atom. The van der Waals surface area contributed by atoms with Crippen LogP contribution in [0.2, 0.25) is 0 Å². The molecule has 2 N–H and O–H groups in total. The highest BCUT2D eigenvalue weighted by molar-refractivity contribution is 5.99. The highest BCUT2D eigenvalue weighted by Gasteiger charge is 2.49. The van der Waals surface area contributed by atoms with Crippen molar-refractivity contribution in [1.29, 1.82) is 0 Å². The van der Waals surface area contributed by atoms with Crippen LogP contribution in [-0.4, -0.2) is 27.6 Å². The maximum atomic E-state index is 13.0. The van der Waals surface area contributed by atoms with Gasteiger partial charge in [-0.3, -0.25) is 4.79 Å². The standard InChI is InChI=1S/C26H28O4/c1-17(14-24(28)29)12-13-26(30)18(2)22(23(27)16-25(26,3)4)15-20-10-7-9-19-8-5-6-11-21(19)20/h5-14,30H,15-16H2,1-4H3,(H,28,29)/t26-/m1/s1. The number of hydrogen-bond acceptors (Lipinski definition) is 3. The van der Waals surface area contributed by atoms with Gasteiger partial charge in [-0.05, 0) is 47.4 Å². The summed E-state index contributed by atoms with van der Waals surface area (Å²) in [6, 6.07) is 14.1. The van der Waals surface area contributed by atoms with Gasteiger partial charge >= 0.3 is 5.97 Å². The second-order valence-corrected chi connectivity index (χ2v) is 8.73. The van der Waals surface area contributed by atoms with Gasteiger partial charge in [-0.1, -0.05) is 62.4 Å². The van der Waals surface area contributed by atoms with Crippen LogP contribution in [0.15, 0.2) is 77.4 Å². The second-order valence-electron chi connectivity index (χ2n) is 8.73. The van der Waals surface area contributed by atoms with Crippen LogP contribution in [0.4, 0.5) is 0 Å². The number of carboxylic acid groups (broad SMARTS) is 1. The molecule has 0 unspecified atom stereocenters. The molecule has 3 rings (SSSR count). The summed E-state index contributed by atoms with van der Waals surface area (Å²) in [6.07, 6.45) is 5.00. The number of carbonyl (C=O) groups excluding carboxylic acids is 1. The van der Waals surface area contributed by atoms with Crippen molar-refractivity contribution < 1.29 is 19.8 Å². The average Bonchev–Trinajstić information content (AvgIpc) is 2.67. The van der Waals surface area contributed by atoms with Gasteiger partial charge in [0.25, 0.3) is 0 Å². The quantitative estimate of drug-likeness (QED) is 0.542. The van der Waals surface area contributed by atoms with Crippen LogP contribution in [0.1, 0.15) is 39.7 Å². The largest absolute Gasteiger partial charge is 0.478 e. The van der Waals surface area contributed by atoms with E-state index in [1.165, 1.54) is 0 Å². The Labute approximate surface area is 177 Å². The molecular formula is C26H28O4. The summed E-state index contributed by atoms with van der Waals surface area (Å²) >= 11 is 0. The van der Waals surface area contributed by atoms with Gasteiger partial charge in [-0.2, -0.15) is 0 Å². The van der Waals surface area contributed by atoms with E-state index < -0.39 is 17.0 Å². The number of allylic oxidation sites excluding steroid dienone is 3. The van der Waals surface area contributed by atoms with Crippen molar-refractivity contribution in [2.45, 2.75) is 46.1 Å². The number of ketones is 1. The predicted molar refractivity (Wildman–Crippen MR) is 119 cm³/mol. The van der Waals surface area contributed by atoms with Crippen molar-refractivity contribution in [2.24, 2.45) is 5.41 Å². The molecule has 4 nitrogen and oxygen atoms in total. The molecule has 156 valence electrons. The average molecular weight is 405 g/mol. The normalized spacial score (nSPS) is 22.2. The molecule has 0 saturated carbocycles. The van der Waals surface area contributed by atoms with Crippen molar-refractivity contribution >= 4 is 22.5 Å². The summed E-state index contributed by atoms with van der Waals surface area (Å²) in [5.41, 5.74) is 0.745. The number of carboxylic acids is 1. The molecule has 30 heavy (non-hydrogen) atoms. The first-order valence-corrected chi connectivity index (χ1v) is 10.1. The molecule has 0 aromatic heterocycles. The van der Waals surface area contributed by atoms with E-state index in [-0.39, 0.29) is 12.2 Å². The highest BCUT2D eigenvalue weighted by atomic mass is 16.4. The third-order valence-corrected chi connectivity index (χ3v) is 6.18. The first-order valence-electron chi connectivity index (χ1n) is 10.1. The molecular weight excluding hydrogens is 376 g/mol. The van der Waals surface area contributed by atoms with Crippen LogP contribution >= 0.6 is 0 Å². The zero-order chi connectivity index (χ0) is 22.1. The Morgan fingerprint density at radius 1 is 1.13 bits per heavy atom. The second kappa shape index (κ2) is 8.04. The molecule has 0 fully saturated rings. The lowest BCUT2D eigenvalue weighted by molar-refractivity contribution is -0.131. The molecule has 0 bridgehead atoms.